The molecular formula is C11H13N3O4. The minimum Gasteiger partial charge on any atom is -0.489 e. The molecule has 7 nitrogen and oxygen atoms in total. The molecule has 0 amide bonds. The highest BCUT2D eigenvalue weighted by molar-refractivity contribution is 5.97. The molecule has 0 saturated heterocycles. The number of carboxylic acid groups (broad SMARTS) is 1. The maximum Gasteiger partial charge on any atom is 0.341 e. The molecule has 0 radical (unpaired) electrons. The van der Waals surface area contributed by atoms with Gasteiger partial charge in [0.05, 0.1) is 18.2 Å². The van der Waals surface area contributed by atoms with Crippen LogP contribution in [-0.4, -0.2) is 46.2 Å². The Morgan fingerprint density at radius 2 is 2.22 bits per heavy atom. The first kappa shape index (κ1) is 12.3. The molecule has 0 aliphatic heterocycles. The van der Waals surface area contributed by atoms with E-state index in [9.17, 15) is 4.79 Å². The minimum absolute atomic E-state index is 0.0200. The molecule has 2 aromatic rings. The van der Waals surface area contributed by atoms with Crippen LogP contribution in [0.25, 0.3) is 11.0 Å². The van der Waals surface area contributed by atoms with Gasteiger partial charge in [0.15, 0.2) is 5.65 Å². The number of aromatic carboxylic acids is 1. The summed E-state index contributed by atoms with van der Waals surface area (Å²) in [5.74, 6) is -0.807. The van der Waals surface area contributed by atoms with E-state index in [-0.39, 0.29) is 17.9 Å². The molecular weight excluding hydrogens is 238 g/mol. The first-order valence-electron chi connectivity index (χ1n) is 5.31. The number of rotatable bonds is 5. The predicted molar refractivity (Wildman–Crippen MR) is 62.8 cm³/mol. The SMILES string of the molecule is COCCOc1c(C(=O)O)cnc2c1cnn2C. The number of methoxy groups -OCH3 is 1. The fourth-order valence-electron chi connectivity index (χ4n) is 1.61. The number of carbonyl (C=O) groups is 1. The van der Waals surface area contributed by atoms with Crippen molar-refractivity contribution in [2.24, 2.45) is 7.05 Å². The van der Waals surface area contributed by atoms with Crippen LogP contribution >= 0.6 is 0 Å². The predicted octanol–water partition coefficient (Wildman–Crippen LogP) is 0.692. The molecule has 2 aromatic heterocycles. The van der Waals surface area contributed by atoms with Crippen molar-refractivity contribution in [1.82, 2.24) is 14.8 Å². The van der Waals surface area contributed by atoms with Crippen molar-refractivity contribution in [2.45, 2.75) is 0 Å². The average Bonchev–Trinajstić information content (AvgIpc) is 2.72. The van der Waals surface area contributed by atoms with Crippen molar-refractivity contribution in [1.29, 1.82) is 0 Å². The Bertz CT molecular complexity index is 579. The molecule has 96 valence electrons. The zero-order valence-electron chi connectivity index (χ0n) is 10.1. The molecule has 2 heterocycles. The molecule has 0 fully saturated rings. The molecule has 2 rings (SSSR count). The lowest BCUT2D eigenvalue weighted by Crippen LogP contribution is -2.09. The van der Waals surface area contributed by atoms with Gasteiger partial charge in [0, 0.05) is 20.4 Å². The van der Waals surface area contributed by atoms with Crippen molar-refractivity contribution in [2.75, 3.05) is 20.3 Å². The molecule has 0 spiro atoms. The van der Waals surface area contributed by atoms with Crippen molar-refractivity contribution in [3.63, 3.8) is 0 Å². The van der Waals surface area contributed by atoms with E-state index >= 15 is 0 Å². The second-order valence-electron chi connectivity index (χ2n) is 3.65. The third-order valence-corrected chi connectivity index (χ3v) is 2.48. The number of hydrogen-bond donors (Lipinski definition) is 1. The fraction of sp³-hybridized carbons (Fsp3) is 0.364. The number of nitrogens with zero attached hydrogens (tertiary/aromatic N) is 3. The summed E-state index contributed by atoms with van der Waals surface area (Å²) in [6.45, 7) is 0.647. The number of ether oxygens (including phenoxy) is 2. The van der Waals surface area contributed by atoms with Crippen LogP contribution in [-0.2, 0) is 11.8 Å². The van der Waals surface area contributed by atoms with E-state index < -0.39 is 5.97 Å². The monoisotopic (exact) mass is 251 g/mol. The lowest BCUT2D eigenvalue weighted by molar-refractivity contribution is 0.0689. The van der Waals surface area contributed by atoms with E-state index in [0.29, 0.717) is 17.6 Å². The van der Waals surface area contributed by atoms with Gasteiger partial charge in [-0.15, -0.1) is 0 Å². The largest absolute Gasteiger partial charge is 0.489 e. The van der Waals surface area contributed by atoms with E-state index in [1.165, 1.54) is 12.4 Å². The molecule has 0 aliphatic carbocycles. The maximum atomic E-state index is 11.1. The van der Waals surface area contributed by atoms with Crippen LogP contribution in [0.3, 0.4) is 0 Å². The second-order valence-corrected chi connectivity index (χ2v) is 3.65. The molecule has 0 aliphatic rings. The molecule has 0 saturated carbocycles. The van der Waals surface area contributed by atoms with Gasteiger partial charge >= 0.3 is 5.97 Å². The lowest BCUT2D eigenvalue weighted by atomic mass is 10.2. The lowest BCUT2D eigenvalue weighted by Gasteiger charge is -2.09. The summed E-state index contributed by atoms with van der Waals surface area (Å²) in [6, 6.07) is 0. The van der Waals surface area contributed by atoms with Crippen LogP contribution in [0.4, 0.5) is 0 Å². The van der Waals surface area contributed by atoms with Gasteiger partial charge in [-0.25, -0.2) is 9.78 Å². The summed E-state index contributed by atoms with van der Waals surface area (Å²) in [7, 11) is 3.28. The van der Waals surface area contributed by atoms with E-state index in [1.807, 2.05) is 0 Å². The fourth-order valence-corrected chi connectivity index (χ4v) is 1.61. The third kappa shape index (κ3) is 2.12. The topological polar surface area (TPSA) is 86.5 Å². The molecule has 0 aromatic carbocycles. The van der Waals surface area contributed by atoms with Crippen molar-refractivity contribution in [3.8, 4) is 5.75 Å². The number of aryl methyl sites for hydroxylation is 1. The number of aromatic nitrogens is 3. The van der Waals surface area contributed by atoms with Gasteiger partial charge in [0.2, 0.25) is 0 Å². The normalized spacial score (nSPS) is 10.8. The van der Waals surface area contributed by atoms with Gasteiger partial charge in [-0.2, -0.15) is 5.10 Å². The minimum atomic E-state index is -1.08. The van der Waals surface area contributed by atoms with E-state index in [4.69, 9.17) is 14.6 Å². The zero-order chi connectivity index (χ0) is 13.1. The number of fused-ring (bicyclic) bond motifs is 1. The summed E-state index contributed by atoms with van der Waals surface area (Å²) in [6.07, 6.45) is 2.81. The molecule has 0 unspecified atom stereocenters. The average molecular weight is 251 g/mol. The Morgan fingerprint density at radius 1 is 1.44 bits per heavy atom. The second kappa shape index (κ2) is 5.01. The van der Waals surface area contributed by atoms with Crippen LogP contribution in [0.15, 0.2) is 12.4 Å². The first-order valence-corrected chi connectivity index (χ1v) is 5.31. The summed E-state index contributed by atoms with van der Waals surface area (Å²) in [4.78, 5) is 15.2. The van der Waals surface area contributed by atoms with Crippen molar-refractivity contribution < 1.29 is 19.4 Å². The van der Waals surface area contributed by atoms with Gasteiger partial charge in [-0.1, -0.05) is 0 Å². The Hall–Kier alpha value is -2.15. The number of carboxylic acids is 1. The summed E-state index contributed by atoms with van der Waals surface area (Å²) < 4.78 is 11.9. The molecule has 7 heteroatoms. The van der Waals surface area contributed by atoms with E-state index in [2.05, 4.69) is 10.1 Å². The standard InChI is InChI=1S/C11H13N3O4/c1-14-10-7(6-13-14)9(18-4-3-17-2)8(5-12-10)11(15)16/h5-6H,3-4H2,1-2H3,(H,15,16). The van der Waals surface area contributed by atoms with Gasteiger partial charge < -0.3 is 14.6 Å². The Labute approximate surface area is 103 Å². The summed E-state index contributed by atoms with van der Waals surface area (Å²) in [5, 5.41) is 13.7. The first-order chi connectivity index (χ1) is 8.65. The highest BCUT2D eigenvalue weighted by Gasteiger charge is 2.18. The van der Waals surface area contributed by atoms with Crippen LogP contribution in [0, 0.1) is 0 Å². The Balaban J connectivity index is 2.48. The third-order valence-electron chi connectivity index (χ3n) is 2.48. The van der Waals surface area contributed by atoms with Gasteiger partial charge in [0.25, 0.3) is 0 Å². The smallest absolute Gasteiger partial charge is 0.341 e. The van der Waals surface area contributed by atoms with Crippen LogP contribution in [0.1, 0.15) is 10.4 Å². The Kier molecular flexibility index (Phi) is 3.42. The van der Waals surface area contributed by atoms with E-state index in [0.717, 1.165) is 0 Å². The number of hydrogen-bond acceptors (Lipinski definition) is 5. The number of pyridine rings is 1. The van der Waals surface area contributed by atoms with Gasteiger partial charge in [-0.3, -0.25) is 4.68 Å². The van der Waals surface area contributed by atoms with Gasteiger partial charge in [0.1, 0.15) is 17.9 Å². The summed E-state index contributed by atoms with van der Waals surface area (Å²) in [5.41, 5.74) is 0.596. The highest BCUT2D eigenvalue weighted by Crippen LogP contribution is 2.27. The molecule has 0 bridgehead atoms. The van der Waals surface area contributed by atoms with Crippen LogP contribution < -0.4 is 4.74 Å². The summed E-state index contributed by atoms with van der Waals surface area (Å²) >= 11 is 0. The Morgan fingerprint density at radius 3 is 2.89 bits per heavy atom. The van der Waals surface area contributed by atoms with E-state index in [1.54, 1.807) is 18.8 Å². The quantitative estimate of drug-likeness (QED) is 0.787. The van der Waals surface area contributed by atoms with Crippen molar-refractivity contribution >= 4 is 17.0 Å². The van der Waals surface area contributed by atoms with Crippen molar-refractivity contribution in [3.05, 3.63) is 18.0 Å². The zero-order valence-corrected chi connectivity index (χ0v) is 10.1. The van der Waals surface area contributed by atoms with Gasteiger partial charge in [-0.05, 0) is 0 Å². The highest BCUT2D eigenvalue weighted by atomic mass is 16.5. The molecule has 0 atom stereocenters. The van der Waals surface area contributed by atoms with Crippen LogP contribution in [0.2, 0.25) is 0 Å². The molecule has 1 N–H and O–H groups in total. The molecule has 18 heavy (non-hydrogen) atoms. The maximum absolute atomic E-state index is 11.1. The van der Waals surface area contributed by atoms with Crippen LogP contribution in [0.5, 0.6) is 5.75 Å².